The summed E-state index contributed by atoms with van der Waals surface area (Å²) in [7, 11) is 0. The molecule has 2 fully saturated rings. The van der Waals surface area contributed by atoms with Crippen LogP contribution >= 0.6 is 0 Å². The van der Waals surface area contributed by atoms with Gasteiger partial charge in [0.25, 0.3) is 0 Å². The zero-order chi connectivity index (χ0) is 14.0. The highest BCUT2D eigenvalue weighted by molar-refractivity contribution is 5.02. The van der Waals surface area contributed by atoms with Crippen LogP contribution in [0.2, 0.25) is 0 Å². The maximum atomic E-state index is 5.33. The van der Waals surface area contributed by atoms with E-state index in [1.165, 1.54) is 32.1 Å². The van der Waals surface area contributed by atoms with Gasteiger partial charge in [-0.3, -0.25) is 4.90 Å². The predicted octanol–water partition coefficient (Wildman–Crippen LogP) is 2.81. The topological polar surface area (TPSA) is 41.3 Å². The zero-order valence-corrected chi connectivity index (χ0v) is 12.8. The molecule has 1 aromatic rings. The van der Waals surface area contributed by atoms with Crippen molar-refractivity contribution in [2.75, 3.05) is 13.1 Å². The fraction of sp³-hybridized carbons (Fsp3) is 0.812. The molecule has 0 bridgehead atoms. The molecule has 1 saturated heterocycles. The molecule has 1 aliphatic carbocycles. The first-order valence-electron chi connectivity index (χ1n) is 8.07. The Morgan fingerprint density at radius 3 is 2.85 bits per heavy atom. The molecular weight excluding hydrogens is 250 g/mol. The van der Waals surface area contributed by atoms with Crippen molar-refractivity contribution in [1.82, 2.24) is 15.4 Å². The Bertz CT molecular complexity index is 409. The van der Waals surface area contributed by atoms with Gasteiger partial charge >= 0.3 is 0 Å². The van der Waals surface area contributed by atoms with Crippen molar-refractivity contribution < 1.29 is 4.52 Å². The van der Waals surface area contributed by atoms with Crippen molar-refractivity contribution in [1.29, 1.82) is 0 Å². The molecule has 4 nitrogen and oxygen atoms in total. The Hall–Kier alpha value is -0.870. The Labute approximate surface area is 121 Å². The van der Waals surface area contributed by atoms with E-state index in [-0.39, 0.29) is 0 Å². The molecule has 20 heavy (non-hydrogen) atoms. The average Bonchev–Trinajstić information content (AvgIpc) is 2.92. The normalized spacial score (nSPS) is 27.2. The summed E-state index contributed by atoms with van der Waals surface area (Å²) >= 11 is 0. The molecule has 1 atom stereocenters. The minimum atomic E-state index is 0.351. The molecule has 4 heteroatoms. The summed E-state index contributed by atoms with van der Waals surface area (Å²) in [5.74, 6) is 1.65. The first kappa shape index (κ1) is 14.1. The largest absolute Gasteiger partial charge is 0.360 e. The fourth-order valence-electron chi connectivity index (χ4n) is 3.93. The van der Waals surface area contributed by atoms with E-state index in [1.807, 2.05) is 6.07 Å². The van der Waals surface area contributed by atoms with Gasteiger partial charge in [0.05, 0.1) is 12.7 Å². The van der Waals surface area contributed by atoms with Gasteiger partial charge in [-0.1, -0.05) is 38.3 Å². The van der Waals surface area contributed by atoms with E-state index >= 15 is 0 Å². The van der Waals surface area contributed by atoms with Gasteiger partial charge in [0.2, 0.25) is 0 Å². The summed E-state index contributed by atoms with van der Waals surface area (Å²) in [5, 5.41) is 7.73. The van der Waals surface area contributed by atoms with E-state index in [2.05, 4.69) is 29.2 Å². The zero-order valence-electron chi connectivity index (χ0n) is 12.8. The lowest BCUT2D eigenvalue weighted by atomic mass is 9.78. The molecule has 1 N–H and O–H groups in total. The maximum absolute atomic E-state index is 5.33. The fourth-order valence-corrected chi connectivity index (χ4v) is 3.93. The average molecular weight is 277 g/mol. The van der Waals surface area contributed by atoms with Crippen molar-refractivity contribution in [3.05, 3.63) is 18.0 Å². The second-order valence-electron chi connectivity index (χ2n) is 6.92. The lowest BCUT2D eigenvalue weighted by Crippen LogP contribution is -2.65. The van der Waals surface area contributed by atoms with Gasteiger partial charge in [0, 0.05) is 30.7 Å². The third-order valence-corrected chi connectivity index (χ3v) is 5.09. The van der Waals surface area contributed by atoms with E-state index in [4.69, 9.17) is 4.52 Å². The molecule has 2 aliphatic rings. The van der Waals surface area contributed by atoms with Crippen LogP contribution in [0.25, 0.3) is 0 Å². The standard InChI is InChI=1S/C16H27N3O/c1-13(2)15-10-17-16(7-4-3-5-8-16)12-19(15)11-14-6-9-18-20-14/h6,9,13,15,17H,3-5,7-8,10-12H2,1-2H3. The molecule has 1 unspecified atom stereocenters. The smallest absolute Gasteiger partial charge is 0.150 e. The third kappa shape index (κ3) is 2.91. The van der Waals surface area contributed by atoms with Crippen LogP contribution in [0.1, 0.15) is 51.7 Å². The monoisotopic (exact) mass is 277 g/mol. The van der Waals surface area contributed by atoms with Crippen LogP contribution in [-0.4, -0.2) is 34.7 Å². The predicted molar refractivity (Wildman–Crippen MR) is 79.4 cm³/mol. The summed E-state index contributed by atoms with van der Waals surface area (Å²) in [4.78, 5) is 2.62. The maximum Gasteiger partial charge on any atom is 0.150 e. The Morgan fingerprint density at radius 1 is 1.40 bits per heavy atom. The molecule has 0 aromatic carbocycles. The van der Waals surface area contributed by atoms with Gasteiger partial charge in [-0.2, -0.15) is 0 Å². The Kier molecular flexibility index (Phi) is 4.13. The van der Waals surface area contributed by atoms with E-state index in [0.29, 0.717) is 17.5 Å². The minimum absolute atomic E-state index is 0.351. The first-order chi connectivity index (χ1) is 9.69. The molecule has 1 aliphatic heterocycles. The van der Waals surface area contributed by atoms with Crippen LogP contribution in [0.3, 0.4) is 0 Å². The van der Waals surface area contributed by atoms with Gasteiger partial charge in [-0.05, 0) is 18.8 Å². The summed E-state index contributed by atoms with van der Waals surface area (Å²) in [6, 6.07) is 2.58. The number of rotatable bonds is 3. The Balaban J connectivity index is 1.73. The van der Waals surface area contributed by atoms with Gasteiger partial charge in [-0.15, -0.1) is 0 Å². The van der Waals surface area contributed by atoms with Crippen LogP contribution in [0.15, 0.2) is 16.8 Å². The van der Waals surface area contributed by atoms with E-state index in [9.17, 15) is 0 Å². The van der Waals surface area contributed by atoms with Crippen molar-refractivity contribution in [2.24, 2.45) is 5.92 Å². The van der Waals surface area contributed by atoms with Gasteiger partial charge in [0.15, 0.2) is 5.76 Å². The van der Waals surface area contributed by atoms with Crippen LogP contribution in [0.4, 0.5) is 0 Å². The van der Waals surface area contributed by atoms with Crippen LogP contribution in [0.5, 0.6) is 0 Å². The third-order valence-electron chi connectivity index (χ3n) is 5.09. The van der Waals surface area contributed by atoms with Gasteiger partial charge in [-0.25, -0.2) is 0 Å². The molecule has 1 aromatic heterocycles. The van der Waals surface area contributed by atoms with E-state index < -0.39 is 0 Å². The molecule has 2 heterocycles. The summed E-state index contributed by atoms with van der Waals surface area (Å²) in [6.07, 6.45) is 8.54. The molecular formula is C16H27N3O. The highest BCUT2D eigenvalue weighted by Gasteiger charge is 2.40. The number of nitrogens with one attached hydrogen (secondary N) is 1. The van der Waals surface area contributed by atoms with Crippen molar-refractivity contribution >= 4 is 0 Å². The molecule has 0 radical (unpaired) electrons. The highest BCUT2D eigenvalue weighted by Crippen LogP contribution is 2.33. The molecule has 1 spiro atoms. The molecule has 0 amide bonds. The summed E-state index contributed by atoms with van der Waals surface area (Å²) in [6.45, 7) is 7.78. The van der Waals surface area contributed by atoms with E-state index in [1.54, 1.807) is 6.20 Å². The lowest BCUT2D eigenvalue weighted by molar-refractivity contribution is 0.0255. The quantitative estimate of drug-likeness (QED) is 0.922. The summed E-state index contributed by atoms with van der Waals surface area (Å²) in [5.41, 5.74) is 0.351. The van der Waals surface area contributed by atoms with Crippen LogP contribution < -0.4 is 5.32 Å². The van der Waals surface area contributed by atoms with E-state index in [0.717, 1.165) is 25.4 Å². The number of aromatic nitrogens is 1. The second kappa shape index (κ2) is 5.86. The SMILES string of the molecule is CC(C)C1CNC2(CCCCC2)CN1Cc1ccno1. The van der Waals surface area contributed by atoms with Crippen molar-refractivity contribution in [3.8, 4) is 0 Å². The number of hydrogen-bond acceptors (Lipinski definition) is 4. The first-order valence-corrected chi connectivity index (χ1v) is 8.07. The van der Waals surface area contributed by atoms with Crippen molar-refractivity contribution in [2.45, 2.75) is 64.1 Å². The van der Waals surface area contributed by atoms with Crippen LogP contribution in [-0.2, 0) is 6.54 Å². The number of hydrogen-bond donors (Lipinski definition) is 1. The second-order valence-corrected chi connectivity index (χ2v) is 6.92. The summed E-state index contributed by atoms with van der Waals surface area (Å²) < 4.78 is 5.33. The minimum Gasteiger partial charge on any atom is -0.360 e. The van der Waals surface area contributed by atoms with Gasteiger partial charge < -0.3 is 9.84 Å². The van der Waals surface area contributed by atoms with Crippen molar-refractivity contribution in [3.63, 3.8) is 0 Å². The van der Waals surface area contributed by atoms with Crippen LogP contribution in [0, 0.1) is 5.92 Å². The highest BCUT2D eigenvalue weighted by atomic mass is 16.5. The lowest BCUT2D eigenvalue weighted by Gasteiger charge is -2.50. The molecule has 3 rings (SSSR count). The molecule has 112 valence electrons. The molecule has 1 saturated carbocycles. The van der Waals surface area contributed by atoms with Gasteiger partial charge in [0.1, 0.15) is 0 Å². The Morgan fingerprint density at radius 2 is 2.20 bits per heavy atom. The number of piperazine rings is 1. The number of nitrogens with zero attached hydrogens (tertiary/aromatic N) is 2.